The fourth-order valence-electron chi connectivity index (χ4n) is 3.18. The number of halogens is 1. The zero-order valence-electron chi connectivity index (χ0n) is 13.9. The second-order valence-electron chi connectivity index (χ2n) is 6.62. The molecule has 2 aromatic rings. The lowest BCUT2D eigenvalue weighted by molar-refractivity contribution is 0.0572. The summed E-state index contributed by atoms with van der Waals surface area (Å²) in [7, 11) is 0. The molecule has 24 heavy (non-hydrogen) atoms. The highest BCUT2D eigenvalue weighted by atomic mass is 19.1. The number of hydrogen-bond donors (Lipinski definition) is 1. The summed E-state index contributed by atoms with van der Waals surface area (Å²) in [5.74, 6) is -0.844. The average molecular weight is 331 g/mol. The summed E-state index contributed by atoms with van der Waals surface area (Å²) < 4.78 is 16.9. The molecule has 1 aliphatic heterocycles. The van der Waals surface area contributed by atoms with Crippen molar-refractivity contribution in [3.8, 4) is 0 Å². The highest BCUT2D eigenvalue weighted by Gasteiger charge is 2.49. The van der Waals surface area contributed by atoms with Crippen LogP contribution in [0.25, 0.3) is 0 Å². The molecule has 1 aliphatic rings. The van der Waals surface area contributed by atoms with E-state index in [1.165, 1.54) is 4.90 Å². The van der Waals surface area contributed by atoms with Crippen LogP contribution >= 0.6 is 0 Å². The SMILES string of the molecule is CC(C)n1ccc(C(=O)N2C[C@@H](c3ccccc3)[C@](F)(CO)C2)n1. The molecule has 1 fully saturated rings. The largest absolute Gasteiger partial charge is 0.393 e. The standard InChI is InChI=1S/C18H22FN3O2/c1-13(2)22-9-8-16(20-22)17(24)21-10-15(18(19,11-21)12-23)14-6-4-3-5-7-14/h3-9,13,15,23H,10-12H2,1-2H3/t15-,18+/m0/s1. The molecule has 0 saturated carbocycles. The second kappa shape index (κ2) is 6.36. The highest BCUT2D eigenvalue weighted by molar-refractivity contribution is 5.92. The quantitative estimate of drug-likeness (QED) is 0.936. The van der Waals surface area contributed by atoms with E-state index in [-0.39, 0.29) is 25.0 Å². The Morgan fingerprint density at radius 3 is 2.67 bits per heavy atom. The van der Waals surface area contributed by atoms with Crippen molar-refractivity contribution in [2.24, 2.45) is 0 Å². The predicted molar refractivity (Wildman–Crippen MR) is 88.6 cm³/mol. The van der Waals surface area contributed by atoms with Crippen LogP contribution < -0.4 is 0 Å². The first-order valence-corrected chi connectivity index (χ1v) is 8.14. The Kier molecular flexibility index (Phi) is 4.41. The Morgan fingerprint density at radius 1 is 1.38 bits per heavy atom. The lowest BCUT2D eigenvalue weighted by Crippen LogP contribution is -2.37. The van der Waals surface area contributed by atoms with Crippen molar-refractivity contribution >= 4 is 5.91 Å². The number of benzene rings is 1. The van der Waals surface area contributed by atoms with Crippen molar-refractivity contribution in [1.82, 2.24) is 14.7 Å². The van der Waals surface area contributed by atoms with E-state index in [1.807, 2.05) is 44.2 Å². The van der Waals surface area contributed by atoms with Crippen LogP contribution in [-0.4, -0.2) is 51.1 Å². The lowest BCUT2D eigenvalue weighted by atomic mass is 9.87. The van der Waals surface area contributed by atoms with Crippen LogP contribution in [0, 0.1) is 0 Å². The van der Waals surface area contributed by atoms with E-state index in [9.17, 15) is 9.90 Å². The van der Waals surface area contributed by atoms with Gasteiger partial charge in [0, 0.05) is 24.7 Å². The molecule has 1 N–H and O–H groups in total. The first-order valence-electron chi connectivity index (χ1n) is 8.14. The van der Waals surface area contributed by atoms with Gasteiger partial charge in [0.15, 0.2) is 5.67 Å². The third-order valence-electron chi connectivity index (χ3n) is 4.59. The van der Waals surface area contributed by atoms with Gasteiger partial charge in [-0.1, -0.05) is 30.3 Å². The maximum atomic E-state index is 15.2. The second-order valence-corrected chi connectivity index (χ2v) is 6.62. The van der Waals surface area contributed by atoms with Gasteiger partial charge in [-0.25, -0.2) is 4.39 Å². The van der Waals surface area contributed by atoms with Gasteiger partial charge in [-0.05, 0) is 25.5 Å². The van der Waals surface area contributed by atoms with Gasteiger partial charge >= 0.3 is 0 Å². The van der Waals surface area contributed by atoms with Gasteiger partial charge in [0.05, 0.1) is 13.2 Å². The Balaban J connectivity index is 1.84. The summed E-state index contributed by atoms with van der Waals surface area (Å²) in [4.78, 5) is 14.1. The Hall–Kier alpha value is -2.21. The number of amides is 1. The fraction of sp³-hybridized carbons (Fsp3) is 0.444. The van der Waals surface area contributed by atoms with Crippen molar-refractivity contribution in [1.29, 1.82) is 0 Å². The molecule has 1 aromatic heterocycles. The Morgan fingerprint density at radius 2 is 2.08 bits per heavy atom. The number of carbonyl (C=O) groups excluding carboxylic acids is 1. The predicted octanol–water partition coefficient (Wildman–Crippen LogP) is 2.40. The summed E-state index contributed by atoms with van der Waals surface area (Å²) in [6.07, 6.45) is 1.75. The molecule has 1 amide bonds. The number of hydrogen-bond acceptors (Lipinski definition) is 3. The third-order valence-corrected chi connectivity index (χ3v) is 4.59. The van der Waals surface area contributed by atoms with E-state index in [0.29, 0.717) is 5.69 Å². The number of nitrogens with zero attached hydrogens (tertiary/aromatic N) is 3. The Labute approximate surface area is 140 Å². The van der Waals surface area contributed by atoms with Gasteiger partial charge in [0.25, 0.3) is 5.91 Å². The molecule has 5 nitrogen and oxygen atoms in total. The maximum absolute atomic E-state index is 15.2. The van der Waals surface area contributed by atoms with Crippen LogP contribution in [0.5, 0.6) is 0 Å². The minimum absolute atomic E-state index is 0.129. The monoisotopic (exact) mass is 331 g/mol. The van der Waals surface area contributed by atoms with Crippen LogP contribution in [0.1, 0.15) is 41.9 Å². The summed E-state index contributed by atoms with van der Waals surface area (Å²) in [5, 5.41) is 13.8. The molecule has 1 aromatic carbocycles. The summed E-state index contributed by atoms with van der Waals surface area (Å²) in [6.45, 7) is 3.43. The summed E-state index contributed by atoms with van der Waals surface area (Å²) in [6, 6.07) is 11.0. The van der Waals surface area contributed by atoms with Crippen molar-refractivity contribution in [3.63, 3.8) is 0 Å². The van der Waals surface area contributed by atoms with Crippen molar-refractivity contribution in [3.05, 3.63) is 53.9 Å². The van der Waals surface area contributed by atoms with E-state index in [4.69, 9.17) is 0 Å². The molecular formula is C18H22FN3O2. The lowest BCUT2D eigenvalue weighted by Gasteiger charge is -2.23. The number of likely N-dealkylation sites (tertiary alicyclic amines) is 1. The zero-order valence-corrected chi connectivity index (χ0v) is 13.9. The molecule has 0 spiro atoms. The van der Waals surface area contributed by atoms with Crippen LogP contribution in [-0.2, 0) is 0 Å². The van der Waals surface area contributed by atoms with Gasteiger partial charge in [-0.3, -0.25) is 9.48 Å². The summed E-state index contributed by atoms with van der Waals surface area (Å²) in [5.41, 5.74) is -0.743. The van der Waals surface area contributed by atoms with E-state index < -0.39 is 18.2 Å². The summed E-state index contributed by atoms with van der Waals surface area (Å²) >= 11 is 0. The van der Waals surface area contributed by atoms with Gasteiger partial charge < -0.3 is 10.0 Å². The van der Waals surface area contributed by atoms with Gasteiger partial charge in [-0.2, -0.15) is 5.10 Å². The first-order chi connectivity index (χ1) is 11.4. The van der Waals surface area contributed by atoms with Gasteiger partial charge in [0.2, 0.25) is 0 Å². The number of aliphatic hydroxyl groups is 1. The van der Waals surface area contributed by atoms with Crippen LogP contribution in [0.4, 0.5) is 4.39 Å². The molecule has 6 heteroatoms. The number of aromatic nitrogens is 2. The molecule has 0 radical (unpaired) electrons. The molecule has 0 unspecified atom stereocenters. The number of carbonyl (C=O) groups is 1. The van der Waals surface area contributed by atoms with Crippen molar-refractivity contribution in [2.75, 3.05) is 19.7 Å². The molecule has 1 saturated heterocycles. The maximum Gasteiger partial charge on any atom is 0.274 e. The normalized spacial score (nSPS) is 23.9. The number of aliphatic hydroxyl groups excluding tert-OH is 1. The molecule has 0 aliphatic carbocycles. The van der Waals surface area contributed by atoms with E-state index in [1.54, 1.807) is 16.9 Å². The molecule has 0 bridgehead atoms. The zero-order chi connectivity index (χ0) is 17.3. The average Bonchev–Trinajstić information content (AvgIpc) is 3.20. The van der Waals surface area contributed by atoms with E-state index >= 15 is 4.39 Å². The van der Waals surface area contributed by atoms with E-state index in [2.05, 4.69) is 5.10 Å². The first kappa shape index (κ1) is 16.6. The highest BCUT2D eigenvalue weighted by Crippen LogP contribution is 2.39. The smallest absolute Gasteiger partial charge is 0.274 e. The Bertz CT molecular complexity index is 716. The molecule has 2 heterocycles. The van der Waals surface area contributed by atoms with Crippen LogP contribution in [0.3, 0.4) is 0 Å². The molecule has 128 valence electrons. The molecule has 2 atom stereocenters. The minimum Gasteiger partial charge on any atom is -0.393 e. The van der Waals surface area contributed by atoms with Gasteiger partial charge in [-0.15, -0.1) is 0 Å². The third kappa shape index (κ3) is 2.94. The topological polar surface area (TPSA) is 58.4 Å². The van der Waals surface area contributed by atoms with E-state index in [0.717, 1.165) is 5.56 Å². The minimum atomic E-state index is -1.84. The van der Waals surface area contributed by atoms with Gasteiger partial charge in [0.1, 0.15) is 5.69 Å². The van der Waals surface area contributed by atoms with Crippen LogP contribution in [0.2, 0.25) is 0 Å². The molecular weight excluding hydrogens is 309 g/mol. The fourth-order valence-corrected chi connectivity index (χ4v) is 3.18. The van der Waals surface area contributed by atoms with Crippen LogP contribution in [0.15, 0.2) is 42.6 Å². The molecule has 3 rings (SSSR count). The van der Waals surface area contributed by atoms with Crippen molar-refractivity contribution in [2.45, 2.75) is 31.5 Å². The number of rotatable bonds is 4. The van der Waals surface area contributed by atoms with Crippen molar-refractivity contribution < 1.29 is 14.3 Å². The number of alkyl halides is 1.